The zero-order chi connectivity index (χ0) is 12.3. The average Bonchev–Trinajstić information content (AvgIpc) is 2.03. The molecule has 0 atom stereocenters. The highest BCUT2D eigenvalue weighted by atomic mass is 16.4. The summed E-state index contributed by atoms with van der Waals surface area (Å²) < 4.78 is 0. The Morgan fingerprint density at radius 1 is 1.07 bits per heavy atom. The molecule has 0 spiro atoms. The van der Waals surface area contributed by atoms with E-state index in [1.807, 2.05) is 6.92 Å². The highest BCUT2D eigenvalue weighted by Crippen LogP contribution is 2.45. The quantitative estimate of drug-likeness (QED) is 0.668. The Hall–Kier alpha value is -1.06. The minimum absolute atomic E-state index is 0.102. The Morgan fingerprint density at radius 3 is 1.67 bits per heavy atom. The molecule has 0 aliphatic heterocycles. The van der Waals surface area contributed by atoms with Gasteiger partial charge in [-0.15, -0.1) is 0 Å². The van der Waals surface area contributed by atoms with E-state index in [2.05, 4.69) is 0 Å². The third-order valence-electron chi connectivity index (χ3n) is 3.29. The topological polar surface area (TPSA) is 74.6 Å². The Morgan fingerprint density at radius 2 is 1.47 bits per heavy atom. The van der Waals surface area contributed by atoms with E-state index in [1.165, 1.54) is 0 Å². The standard InChI is InChI=1S/C11H20O4/c1-5-7-10(3,4)11(6-2,8(12)13)9(14)15/h5-7H2,1-4H3,(H,12,13)(H,14,15). The summed E-state index contributed by atoms with van der Waals surface area (Å²) in [6.07, 6.45) is 1.46. The Labute approximate surface area is 90.3 Å². The van der Waals surface area contributed by atoms with E-state index in [9.17, 15) is 19.8 Å². The first-order valence-corrected chi connectivity index (χ1v) is 5.23. The molecule has 0 fully saturated rings. The van der Waals surface area contributed by atoms with Gasteiger partial charge in [0.25, 0.3) is 0 Å². The molecule has 0 heterocycles. The summed E-state index contributed by atoms with van der Waals surface area (Å²) in [4.78, 5) is 22.5. The van der Waals surface area contributed by atoms with Crippen LogP contribution in [0.1, 0.15) is 47.0 Å². The molecule has 88 valence electrons. The SMILES string of the molecule is CCCC(C)(C)C(CC)(C(=O)O)C(=O)O. The van der Waals surface area contributed by atoms with Gasteiger partial charge in [0.05, 0.1) is 0 Å². The van der Waals surface area contributed by atoms with Crippen molar-refractivity contribution in [1.82, 2.24) is 0 Å². The first kappa shape index (κ1) is 13.9. The van der Waals surface area contributed by atoms with E-state index in [4.69, 9.17) is 0 Å². The van der Waals surface area contributed by atoms with Crippen molar-refractivity contribution in [3.63, 3.8) is 0 Å². The smallest absolute Gasteiger partial charge is 0.321 e. The van der Waals surface area contributed by atoms with Gasteiger partial charge in [0.2, 0.25) is 0 Å². The number of carboxylic acid groups (broad SMARTS) is 2. The van der Waals surface area contributed by atoms with Crippen molar-refractivity contribution in [1.29, 1.82) is 0 Å². The van der Waals surface area contributed by atoms with Gasteiger partial charge < -0.3 is 10.2 Å². The molecule has 15 heavy (non-hydrogen) atoms. The Kier molecular flexibility index (Phi) is 4.31. The van der Waals surface area contributed by atoms with Crippen molar-refractivity contribution in [2.24, 2.45) is 10.8 Å². The fourth-order valence-electron chi connectivity index (χ4n) is 2.29. The summed E-state index contributed by atoms with van der Waals surface area (Å²) in [6, 6.07) is 0. The van der Waals surface area contributed by atoms with Crippen LogP contribution in [0, 0.1) is 10.8 Å². The molecule has 0 unspecified atom stereocenters. The van der Waals surface area contributed by atoms with E-state index >= 15 is 0 Å². The van der Waals surface area contributed by atoms with E-state index in [-0.39, 0.29) is 6.42 Å². The number of carbonyl (C=O) groups is 2. The molecule has 0 aliphatic rings. The summed E-state index contributed by atoms with van der Waals surface area (Å²) >= 11 is 0. The second-order valence-electron chi connectivity index (χ2n) is 4.50. The maximum atomic E-state index is 11.2. The number of aliphatic carboxylic acids is 2. The normalized spacial score (nSPS) is 12.5. The van der Waals surface area contributed by atoms with Crippen LogP contribution in [-0.2, 0) is 9.59 Å². The highest BCUT2D eigenvalue weighted by Gasteiger charge is 2.55. The van der Waals surface area contributed by atoms with Gasteiger partial charge in [-0.2, -0.15) is 0 Å². The zero-order valence-corrected chi connectivity index (χ0v) is 9.83. The van der Waals surface area contributed by atoms with Crippen molar-refractivity contribution in [3.8, 4) is 0 Å². The Balaban J connectivity index is 5.44. The molecule has 0 rings (SSSR count). The van der Waals surface area contributed by atoms with Crippen LogP contribution in [-0.4, -0.2) is 22.2 Å². The van der Waals surface area contributed by atoms with Crippen LogP contribution < -0.4 is 0 Å². The van der Waals surface area contributed by atoms with Gasteiger partial charge in [-0.25, -0.2) is 0 Å². The van der Waals surface area contributed by atoms with E-state index in [0.717, 1.165) is 6.42 Å². The van der Waals surface area contributed by atoms with Crippen molar-refractivity contribution >= 4 is 11.9 Å². The van der Waals surface area contributed by atoms with Crippen LogP contribution in [0.25, 0.3) is 0 Å². The van der Waals surface area contributed by atoms with Crippen LogP contribution in [0.2, 0.25) is 0 Å². The fraction of sp³-hybridized carbons (Fsp3) is 0.818. The summed E-state index contributed by atoms with van der Waals surface area (Å²) in [5.41, 5.74) is -2.42. The second kappa shape index (κ2) is 4.64. The number of rotatable bonds is 6. The van der Waals surface area contributed by atoms with Gasteiger partial charge in [-0.05, 0) is 18.3 Å². The molecule has 0 aromatic carbocycles. The number of hydrogen-bond donors (Lipinski definition) is 2. The minimum Gasteiger partial charge on any atom is -0.480 e. The van der Waals surface area contributed by atoms with Gasteiger partial charge in [0, 0.05) is 0 Å². The van der Waals surface area contributed by atoms with Crippen LogP contribution in [0.4, 0.5) is 0 Å². The van der Waals surface area contributed by atoms with Gasteiger partial charge in [0.1, 0.15) is 0 Å². The van der Waals surface area contributed by atoms with E-state index < -0.39 is 22.8 Å². The monoisotopic (exact) mass is 216 g/mol. The molecule has 0 amide bonds. The van der Waals surface area contributed by atoms with Crippen molar-refractivity contribution < 1.29 is 19.8 Å². The van der Waals surface area contributed by atoms with Crippen molar-refractivity contribution in [3.05, 3.63) is 0 Å². The summed E-state index contributed by atoms with van der Waals surface area (Å²) in [7, 11) is 0. The largest absolute Gasteiger partial charge is 0.480 e. The molecule has 0 saturated heterocycles. The maximum absolute atomic E-state index is 11.2. The lowest BCUT2D eigenvalue weighted by molar-refractivity contribution is -0.175. The minimum atomic E-state index is -1.68. The molecule has 0 aliphatic carbocycles. The zero-order valence-electron chi connectivity index (χ0n) is 9.83. The highest BCUT2D eigenvalue weighted by molar-refractivity contribution is 5.99. The fourth-order valence-corrected chi connectivity index (χ4v) is 2.29. The second-order valence-corrected chi connectivity index (χ2v) is 4.50. The summed E-state index contributed by atoms with van der Waals surface area (Å²) in [5.74, 6) is -2.48. The van der Waals surface area contributed by atoms with Crippen LogP contribution >= 0.6 is 0 Å². The van der Waals surface area contributed by atoms with Crippen molar-refractivity contribution in [2.45, 2.75) is 47.0 Å². The first-order valence-electron chi connectivity index (χ1n) is 5.23. The molecule has 0 saturated carbocycles. The van der Waals surface area contributed by atoms with Crippen LogP contribution in [0.5, 0.6) is 0 Å². The predicted molar refractivity (Wildman–Crippen MR) is 56.7 cm³/mol. The molecule has 0 aromatic heterocycles. The lowest BCUT2D eigenvalue weighted by Crippen LogP contribution is -2.50. The first-order chi connectivity index (χ1) is 6.76. The molecular weight excluding hydrogens is 196 g/mol. The van der Waals surface area contributed by atoms with Gasteiger partial charge in [-0.3, -0.25) is 9.59 Å². The lowest BCUT2D eigenvalue weighted by Gasteiger charge is -2.39. The summed E-state index contributed by atoms with van der Waals surface area (Å²) in [5, 5.41) is 18.4. The van der Waals surface area contributed by atoms with Gasteiger partial charge in [-0.1, -0.05) is 34.1 Å². The molecule has 0 bridgehead atoms. The average molecular weight is 216 g/mol. The van der Waals surface area contributed by atoms with Crippen LogP contribution in [0.15, 0.2) is 0 Å². The molecule has 0 radical (unpaired) electrons. The Bertz CT molecular complexity index is 241. The van der Waals surface area contributed by atoms with Crippen molar-refractivity contribution in [2.75, 3.05) is 0 Å². The predicted octanol–water partition coefficient (Wildman–Crippen LogP) is 2.38. The lowest BCUT2D eigenvalue weighted by atomic mass is 9.62. The van der Waals surface area contributed by atoms with Gasteiger partial charge >= 0.3 is 11.9 Å². The third kappa shape index (κ3) is 2.13. The van der Waals surface area contributed by atoms with Gasteiger partial charge in [0.15, 0.2) is 5.41 Å². The third-order valence-corrected chi connectivity index (χ3v) is 3.29. The molecule has 4 heteroatoms. The number of hydrogen-bond acceptors (Lipinski definition) is 2. The molecule has 0 aromatic rings. The molecule has 4 nitrogen and oxygen atoms in total. The number of carboxylic acids is 2. The molecular formula is C11H20O4. The maximum Gasteiger partial charge on any atom is 0.321 e. The van der Waals surface area contributed by atoms with Crippen LogP contribution in [0.3, 0.4) is 0 Å². The summed E-state index contributed by atoms with van der Waals surface area (Å²) in [6.45, 7) is 6.95. The molecule has 2 N–H and O–H groups in total. The van der Waals surface area contributed by atoms with E-state index in [1.54, 1.807) is 20.8 Å². The van der Waals surface area contributed by atoms with E-state index in [0.29, 0.717) is 6.42 Å².